The Labute approximate surface area is 176 Å². The van der Waals surface area contributed by atoms with E-state index in [9.17, 15) is 22.8 Å². The number of halogens is 3. The number of hydrogen-bond acceptors (Lipinski definition) is 6. The predicted octanol–water partition coefficient (Wildman–Crippen LogP) is 3.30. The zero-order chi connectivity index (χ0) is 23.0. The molecule has 0 unspecified atom stereocenters. The van der Waals surface area contributed by atoms with Gasteiger partial charge in [0.1, 0.15) is 18.9 Å². The van der Waals surface area contributed by atoms with E-state index in [1.165, 1.54) is 25.3 Å². The second-order valence-corrected chi connectivity index (χ2v) is 6.37. The number of benzene rings is 2. The number of carbonyl (C=O) groups excluding carboxylic acids is 2. The van der Waals surface area contributed by atoms with Gasteiger partial charge >= 0.3 is 6.18 Å². The fourth-order valence-corrected chi connectivity index (χ4v) is 2.52. The number of nitrogens with zero attached hydrogens (tertiary/aromatic N) is 1. The summed E-state index contributed by atoms with van der Waals surface area (Å²) < 4.78 is 42.6. The molecule has 164 valence electrons. The van der Waals surface area contributed by atoms with Gasteiger partial charge in [0.05, 0.1) is 11.3 Å². The second kappa shape index (κ2) is 10.5. The summed E-state index contributed by atoms with van der Waals surface area (Å²) in [4.78, 5) is 28.8. The Bertz CT molecular complexity index is 986. The van der Waals surface area contributed by atoms with Crippen molar-refractivity contribution in [3.63, 3.8) is 0 Å². The highest BCUT2D eigenvalue weighted by Crippen LogP contribution is 2.29. The van der Waals surface area contributed by atoms with Crippen LogP contribution in [0.4, 0.5) is 13.2 Å². The van der Waals surface area contributed by atoms with Crippen LogP contribution >= 0.6 is 0 Å². The fourth-order valence-electron chi connectivity index (χ4n) is 2.52. The molecule has 7 nitrogen and oxygen atoms in total. The lowest BCUT2D eigenvalue weighted by molar-refractivity contribution is -0.137. The van der Waals surface area contributed by atoms with Crippen LogP contribution in [-0.4, -0.2) is 37.0 Å². The van der Waals surface area contributed by atoms with E-state index in [-0.39, 0.29) is 18.8 Å². The van der Waals surface area contributed by atoms with Crippen LogP contribution in [0.5, 0.6) is 0 Å². The van der Waals surface area contributed by atoms with Crippen molar-refractivity contribution < 1.29 is 32.3 Å². The number of nitrogens with one attached hydrogen (secondary N) is 2. The predicted molar refractivity (Wildman–Crippen MR) is 107 cm³/mol. The first-order chi connectivity index (χ1) is 14.6. The third kappa shape index (κ3) is 6.75. The number of methoxy groups -OCH3 is 1. The van der Waals surface area contributed by atoms with Crippen LogP contribution in [0.3, 0.4) is 0 Å². The van der Waals surface area contributed by atoms with Gasteiger partial charge in [-0.2, -0.15) is 13.2 Å². The van der Waals surface area contributed by atoms with Crippen molar-refractivity contribution in [1.82, 2.24) is 5.32 Å². The van der Waals surface area contributed by atoms with Gasteiger partial charge in [-0.1, -0.05) is 41.6 Å². The van der Waals surface area contributed by atoms with Gasteiger partial charge in [0.2, 0.25) is 0 Å². The van der Waals surface area contributed by atoms with Crippen molar-refractivity contribution in [3.05, 3.63) is 70.8 Å². The third-order valence-corrected chi connectivity index (χ3v) is 4.09. The lowest BCUT2D eigenvalue weighted by atomic mass is 10.0. The topological polar surface area (TPSA) is 101 Å². The van der Waals surface area contributed by atoms with Crippen LogP contribution in [0.1, 0.15) is 29.2 Å². The van der Waals surface area contributed by atoms with Crippen LogP contribution in [0.25, 0.3) is 0 Å². The van der Waals surface area contributed by atoms with E-state index in [1.54, 1.807) is 25.1 Å². The van der Waals surface area contributed by atoms with Crippen molar-refractivity contribution in [2.75, 3.05) is 13.7 Å². The molecule has 0 bridgehead atoms. The minimum Gasteiger partial charge on any atom is -0.391 e. The number of hydrogen-bond donors (Lipinski definition) is 2. The van der Waals surface area contributed by atoms with Crippen LogP contribution in [0, 0.1) is 5.41 Å². The Hall–Kier alpha value is -3.53. The van der Waals surface area contributed by atoms with Crippen LogP contribution in [0.2, 0.25) is 0 Å². The molecule has 0 fully saturated rings. The first kappa shape index (κ1) is 23.7. The average molecular weight is 435 g/mol. The molecule has 0 spiro atoms. The molecular weight excluding hydrogens is 415 g/mol. The maximum Gasteiger partial charge on any atom is 0.416 e. The Balaban J connectivity index is 2.06. The molecule has 0 saturated heterocycles. The summed E-state index contributed by atoms with van der Waals surface area (Å²) in [6.45, 7) is 1.16. The summed E-state index contributed by atoms with van der Waals surface area (Å²) >= 11 is 0. The minimum absolute atomic E-state index is 0.101. The Morgan fingerprint density at radius 1 is 1.10 bits per heavy atom. The SMILES string of the molecule is COCC(=O)NC(=O)C(=N)c1ccccc1CO/N=C(\C)c1ccc(C(F)(F)F)cc1. The van der Waals surface area contributed by atoms with Gasteiger partial charge in [-0.05, 0) is 24.6 Å². The fraction of sp³-hybridized carbons (Fsp3) is 0.238. The van der Waals surface area contributed by atoms with Gasteiger partial charge in [0.15, 0.2) is 0 Å². The number of carbonyl (C=O) groups is 2. The molecule has 2 amide bonds. The molecule has 2 N–H and O–H groups in total. The first-order valence-electron chi connectivity index (χ1n) is 8.97. The lowest BCUT2D eigenvalue weighted by Crippen LogP contribution is -2.38. The quantitative estimate of drug-likeness (QED) is 0.491. The zero-order valence-corrected chi connectivity index (χ0v) is 16.7. The zero-order valence-electron chi connectivity index (χ0n) is 16.7. The van der Waals surface area contributed by atoms with Crippen LogP contribution in [0.15, 0.2) is 53.7 Å². The van der Waals surface area contributed by atoms with Gasteiger partial charge < -0.3 is 9.57 Å². The van der Waals surface area contributed by atoms with Gasteiger partial charge in [0.25, 0.3) is 11.8 Å². The molecule has 0 aliphatic heterocycles. The molecule has 10 heteroatoms. The summed E-state index contributed by atoms with van der Waals surface area (Å²) in [6, 6.07) is 10.9. The van der Waals surface area contributed by atoms with Crippen molar-refractivity contribution >= 4 is 23.2 Å². The third-order valence-electron chi connectivity index (χ3n) is 4.09. The smallest absolute Gasteiger partial charge is 0.391 e. The molecule has 0 atom stereocenters. The highest BCUT2D eigenvalue weighted by atomic mass is 19.4. The monoisotopic (exact) mass is 435 g/mol. The first-order valence-corrected chi connectivity index (χ1v) is 8.97. The van der Waals surface area contributed by atoms with Crippen LogP contribution < -0.4 is 5.32 Å². The van der Waals surface area contributed by atoms with E-state index in [2.05, 4.69) is 9.89 Å². The molecule has 31 heavy (non-hydrogen) atoms. The second-order valence-electron chi connectivity index (χ2n) is 6.37. The number of amides is 2. The molecule has 2 aromatic rings. The maximum atomic E-state index is 12.7. The van der Waals surface area contributed by atoms with Gasteiger partial charge in [-0.25, -0.2) is 0 Å². The molecule has 2 rings (SSSR count). The molecule has 0 aliphatic carbocycles. The summed E-state index contributed by atoms with van der Waals surface area (Å²) in [5.74, 6) is -1.57. The summed E-state index contributed by atoms with van der Waals surface area (Å²) in [5.41, 5.74) is 0.305. The highest BCUT2D eigenvalue weighted by Gasteiger charge is 2.30. The van der Waals surface area contributed by atoms with Crippen molar-refractivity contribution in [1.29, 1.82) is 5.41 Å². The lowest BCUT2D eigenvalue weighted by Gasteiger charge is -2.10. The standard InChI is InChI=1S/C21H20F3N3O4/c1-13(14-7-9-16(10-8-14)21(22,23)24)27-31-11-15-5-3-4-6-17(15)19(25)20(29)26-18(28)12-30-2/h3-10,25H,11-12H2,1-2H3,(H,26,28,29)/b25-19?,27-13+. The molecule has 0 radical (unpaired) electrons. The molecule has 0 aromatic heterocycles. The number of imide groups is 1. The molecule has 2 aromatic carbocycles. The molecule has 0 heterocycles. The molecular formula is C21H20F3N3O4. The average Bonchev–Trinajstić information content (AvgIpc) is 2.73. The van der Waals surface area contributed by atoms with E-state index in [1.807, 2.05) is 5.32 Å². The van der Waals surface area contributed by atoms with Crippen molar-refractivity contribution in [3.8, 4) is 0 Å². The van der Waals surface area contributed by atoms with Gasteiger partial charge in [-0.3, -0.25) is 20.3 Å². The van der Waals surface area contributed by atoms with Crippen LogP contribution in [-0.2, 0) is 31.9 Å². The summed E-state index contributed by atoms with van der Waals surface area (Å²) in [5, 5.41) is 14.0. The van der Waals surface area contributed by atoms with Crippen molar-refractivity contribution in [2.45, 2.75) is 19.7 Å². The van der Waals surface area contributed by atoms with Crippen molar-refractivity contribution in [2.24, 2.45) is 5.16 Å². The summed E-state index contributed by atoms with van der Waals surface area (Å²) in [7, 11) is 1.30. The summed E-state index contributed by atoms with van der Waals surface area (Å²) in [6.07, 6.45) is -4.42. The van der Waals surface area contributed by atoms with E-state index >= 15 is 0 Å². The largest absolute Gasteiger partial charge is 0.416 e. The van der Waals surface area contributed by atoms with E-state index in [4.69, 9.17) is 10.2 Å². The van der Waals surface area contributed by atoms with E-state index in [0.717, 1.165) is 12.1 Å². The normalized spacial score (nSPS) is 11.7. The Morgan fingerprint density at radius 3 is 2.35 bits per heavy atom. The van der Waals surface area contributed by atoms with E-state index in [0.29, 0.717) is 16.8 Å². The minimum atomic E-state index is -4.42. The van der Waals surface area contributed by atoms with Gasteiger partial charge in [-0.15, -0.1) is 0 Å². The highest BCUT2D eigenvalue weighted by molar-refractivity contribution is 6.46. The Morgan fingerprint density at radius 2 is 1.74 bits per heavy atom. The Kier molecular flexibility index (Phi) is 8.03. The molecule has 0 saturated carbocycles. The number of oxime groups is 1. The van der Waals surface area contributed by atoms with Gasteiger partial charge in [0, 0.05) is 18.2 Å². The number of alkyl halides is 3. The number of ether oxygens (including phenoxy) is 1. The number of rotatable bonds is 8. The molecule has 0 aliphatic rings. The maximum absolute atomic E-state index is 12.7. The van der Waals surface area contributed by atoms with E-state index < -0.39 is 29.3 Å².